The van der Waals surface area contributed by atoms with Gasteiger partial charge in [0.25, 0.3) is 5.91 Å². The molecule has 1 aliphatic heterocycles. The molecule has 2 amide bonds. The molecule has 3 aromatic rings. The van der Waals surface area contributed by atoms with Crippen molar-refractivity contribution >= 4 is 35.3 Å². The second kappa shape index (κ2) is 8.83. The summed E-state index contributed by atoms with van der Waals surface area (Å²) in [6, 6.07) is 7.21. The summed E-state index contributed by atoms with van der Waals surface area (Å²) in [6.45, 7) is 1.04. The summed E-state index contributed by atoms with van der Waals surface area (Å²) in [7, 11) is 3.32. The van der Waals surface area contributed by atoms with Crippen LogP contribution in [0.15, 0.2) is 40.0 Å². The lowest BCUT2D eigenvalue weighted by atomic mass is 10.1. The molecule has 0 radical (unpaired) electrons. The van der Waals surface area contributed by atoms with E-state index in [-0.39, 0.29) is 24.2 Å². The van der Waals surface area contributed by atoms with Crippen LogP contribution in [0.4, 0.5) is 16.3 Å². The molecule has 1 aliphatic rings. The van der Waals surface area contributed by atoms with Crippen molar-refractivity contribution in [2.75, 3.05) is 43.2 Å². The SMILES string of the molecule is CSc1ncc2c(n1)N(C)CCN(c1cccc(-c3nnc(CN(C)C(=O)O)o3)c1)C2=O. The van der Waals surface area contributed by atoms with Gasteiger partial charge in [0.1, 0.15) is 17.9 Å². The van der Waals surface area contributed by atoms with Crippen LogP contribution in [0.1, 0.15) is 16.2 Å². The van der Waals surface area contributed by atoms with Gasteiger partial charge in [0.2, 0.25) is 11.8 Å². The van der Waals surface area contributed by atoms with E-state index < -0.39 is 6.09 Å². The predicted molar refractivity (Wildman–Crippen MR) is 118 cm³/mol. The largest absolute Gasteiger partial charge is 0.465 e. The van der Waals surface area contributed by atoms with E-state index in [1.807, 2.05) is 24.3 Å². The highest BCUT2D eigenvalue weighted by atomic mass is 32.2. The molecule has 2 aromatic heterocycles. The van der Waals surface area contributed by atoms with E-state index >= 15 is 0 Å². The van der Waals surface area contributed by atoms with E-state index in [0.29, 0.717) is 40.9 Å². The van der Waals surface area contributed by atoms with E-state index in [1.54, 1.807) is 29.3 Å². The molecule has 0 unspecified atom stereocenters. The first-order valence-electron chi connectivity index (χ1n) is 9.68. The number of hydrogen-bond acceptors (Lipinski definition) is 9. The fourth-order valence-corrected chi connectivity index (χ4v) is 3.59. The van der Waals surface area contributed by atoms with Gasteiger partial charge in [0, 0.05) is 44.6 Å². The number of amides is 2. The molecule has 0 fully saturated rings. The van der Waals surface area contributed by atoms with Crippen molar-refractivity contribution in [1.82, 2.24) is 25.1 Å². The van der Waals surface area contributed by atoms with Gasteiger partial charge in [-0.25, -0.2) is 14.8 Å². The Morgan fingerprint density at radius 1 is 1.31 bits per heavy atom. The minimum Gasteiger partial charge on any atom is -0.465 e. The Balaban J connectivity index is 1.62. The van der Waals surface area contributed by atoms with Crippen molar-refractivity contribution in [2.24, 2.45) is 0 Å². The van der Waals surface area contributed by atoms with Crippen LogP contribution in [0.2, 0.25) is 0 Å². The molecule has 0 saturated heterocycles. The van der Waals surface area contributed by atoms with Gasteiger partial charge in [-0.1, -0.05) is 17.8 Å². The Morgan fingerprint density at radius 3 is 2.88 bits per heavy atom. The number of likely N-dealkylation sites (N-methyl/N-ethyl adjacent to an activating group) is 1. The zero-order valence-corrected chi connectivity index (χ0v) is 18.5. The highest BCUT2D eigenvalue weighted by Crippen LogP contribution is 2.29. The molecule has 166 valence electrons. The molecule has 1 N–H and O–H groups in total. The maximum atomic E-state index is 13.3. The zero-order valence-electron chi connectivity index (χ0n) is 17.7. The standard InChI is InChI=1S/C20H21N7O4S/c1-25-7-8-27(18(28)14-10-21-19(32-3)22-16(14)25)13-6-4-5-12(9-13)17-24-23-15(31-17)11-26(2)20(29)30/h4-6,9-10H,7-8,11H2,1-3H3,(H,29,30). The van der Waals surface area contributed by atoms with Crippen molar-refractivity contribution < 1.29 is 19.1 Å². The van der Waals surface area contributed by atoms with Gasteiger partial charge in [-0.05, 0) is 24.5 Å². The third-order valence-corrected chi connectivity index (χ3v) is 5.56. The van der Waals surface area contributed by atoms with Crippen LogP contribution in [0, 0.1) is 0 Å². The molecule has 32 heavy (non-hydrogen) atoms. The Hall–Kier alpha value is -3.67. The van der Waals surface area contributed by atoms with Gasteiger partial charge < -0.3 is 24.2 Å². The second-order valence-electron chi connectivity index (χ2n) is 7.16. The van der Waals surface area contributed by atoms with Gasteiger partial charge in [-0.3, -0.25) is 4.79 Å². The minimum atomic E-state index is -1.09. The summed E-state index contributed by atoms with van der Waals surface area (Å²) < 4.78 is 5.62. The first-order valence-corrected chi connectivity index (χ1v) is 10.9. The summed E-state index contributed by atoms with van der Waals surface area (Å²) in [6.07, 6.45) is 2.37. The maximum absolute atomic E-state index is 13.3. The van der Waals surface area contributed by atoms with Crippen LogP contribution in [-0.2, 0) is 6.54 Å². The van der Waals surface area contributed by atoms with Crippen LogP contribution in [0.25, 0.3) is 11.5 Å². The monoisotopic (exact) mass is 455 g/mol. The van der Waals surface area contributed by atoms with Crippen LogP contribution >= 0.6 is 11.8 Å². The van der Waals surface area contributed by atoms with Gasteiger partial charge in [0.15, 0.2) is 5.16 Å². The van der Waals surface area contributed by atoms with Crippen LogP contribution < -0.4 is 9.80 Å². The Morgan fingerprint density at radius 2 is 2.12 bits per heavy atom. The van der Waals surface area contributed by atoms with E-state index in [9.17, 15) is 9.59 Å². The van der Waals surface area contributed by atoms with Crippen LogP contribution in [0.5, 0.6) is 0 Å². The molecule has 12 heteroatoms. The van der Waals surface area contributed by atoms with Gasteiger partial charge in [0.05, 0.1) is 0 Å². The third-order valence-electron chi connectivity index (χ3n) is 5.00. The molecule has 11 nitrogen and oxygen atoms in total. The Bertz CT molecular complexity index is 1170. The molecule has 0 bridgehead atoms. The molecule has 3 heterocycles. The number of benzene rings is 1. The average Bonchev–Trinajstić information content (AvgIpc) is 3.22. The number of rotatable bonds is 5. The second-order valence-corrected chi connectivity index (χ2v) is 7.94. The summed E-state index contributed by atoms with van der Waals surface area (Å²) in [4.78, 5) is 37.7. The van der Waals surface area contributed by atoms with Gasteiger partial charge >= 0.3 is 6.09 Å². The lowest BCUT2D eigenvalue weighted by Crippen LogP contribution is -2.33. The Kier molecular flexibility index (Phi) is 5.95. The number of hydrogen-bond donors (Lipinski definition) is 1. The maximum Gasteiger partial charge on any atom is 0.407 e. The summed E-state index contributed by atoms with van der Waals surface area (Å²) >= 11 is 1.42. The fraction of sp³-hybridized carbons (Fsp3) is 0.300. The van der Waals surface area contributed by atoms with Crippen molar-refractivity contribution in [1.29, 1.82) is 0 Å². The van der Waals surface area contributed by atoms with Crippen molar-refractivity contribution in [2.45, 2.75) is 11.7 Å². The number of nitrogens with zero attached hydrogens (tertiary/aromatic N) is 7. The average molecular weight is 456 g/mol. The quantitative estimate of drug-likeness (QED) is 0.452. The van der Waals surface area contributed by atoms with Gasteiger partial charge in [-0.15, -0.1) is 10.2 Å². The highest BCUT2D eigenvalue weighted by molar-refractivity contribution is 7.98. The van der Waals surface area contributed by atoms with Crippen LogP contribution in [-0.4, -0.2) is 75.6 Å². The molecular formula is C20H21N7O4S. The van der Waals surface area contributed by atoms with Crippen molar-refractivity contribution in [3.63, 3.8) is 0 Å². The fourth-order valence-electron chi connectivity index (χ4n) is 3.26. The first-order chi connectivity index (χ1) is 15.4. The number of carbonyl (C=O) groups excluding carboxylic acids is 1. The number of anilines is 2. The van der Waals surface area contributed by atoms with E-state index in [1.165, 1.54) is 18.8 Å². The van der Waals surface area contributed by atoms with Gasteiger partial charge in [-0.2, -0.15) is 0 Å². The van der Waals surface area contributed by atoms with Crippen molar-refractivity contribution in [3.8, 4) is 11.5 Å². The summed E-state index contributed by atoms with van der Waals surface area (Å²) in [5.41, 5.74) is 1.73. The molecule has 4 rings (SSSR count). The lowest BCUT2D eigenvalue weighted by Gasteiger charge is -2.21. The highest BCUT2D eigenvalue weighted by Gasteiger charge is 2.28. The smallest absolute Gasteiger partial charge is 0.407 e. The molecule has 0 atom stereocenters. The normalized spacial score (nSPS) is 13.7. The van der Waals surface area contributed by atoms with E-state index in [0.717, 1.165) is 4.90 Å². The van der Waals surface area contributed by atoms with Crippen LogP contribution in [0.3, 0.4) is 0 Å². The topological polar surface area (TPSA) is 129 Å². The number of fused-ring (bicyclic) bond motifs is 1. The van der Waals surface area contributed by atoms with Crippen molar-refractivity contribution in [3.05, 3.63) is 41.9 Å². The third kappa shape index (κ3) is 4.21. The Labute approximate surface area is 188 Å². The number of thioether (sulfide) groups is 1. The molecule has 0 saturated carbocycles. The molecule has 0 spiro atoms. The molecular weight excluding hydrogens is 434 g/mol. The summed E-state index contributed by atoms with van der Waals surface area (Å²) in [5, 5.41) is 17.5. The minimum absolute atomic E-state index is 0.0201. The number of aromatic nitrogens is 4. The lowest BCUT2D eigenvalue weighted by molar-refractivity contribution is 0.0989. The molecule has 0 aliphatic carbocycles. The molecule has 1 aromatic carbocycles. The number of carboxylic acid groups (broad SMARTS) is 1. The predicted octanol–water partition coefficient (Wildman–Crippen LogP) is 2.45. The zero-order chi connectivity index (χ0) is 22.8. The van der Waals surface area contributed by atoms with E-state index in [4.69, 9.17) is 9.52 Å². The van der Waals surface area contributed by atoms with E-state index in [2.05, 4.69) is 20.2 Å². The first kappa shape index (κ1) is 21.6. The number of carbonyl (C=O) groups is 2. The summed E-state index contributed by atoms with van der Waals surface area (Å²) in [5.74, 6) is 0.840.